The Balaban J connectivity index is 3.73. The Morgan fingerprint density at radius 1 is 1.29 bits per heavy atom. The molecule has 0 radical (unpaired) electrons. The van der Waals surface area contributed by atoms with Crippen LogP contribution in [0.2, 0.25) is 0 Å². The number of ether oxygens (including phenoxy) is 1. The second-order valence-corrected chi connectivity index (χ2v) is 3.95. The summed E-state index contributed by atoms with van der Waals surface area (Å²) in [6.45, 7) is 6.18. The van der Waals surface area contributed by atoms with E-state index in [2.05, 4.69) is 25.8 Å². The van der Waals surface area contributed by atoms with Gasteiger partial charge in [0.2, 0.25) is 0 Å². The van der Waals surface area contributed by atoms with E-state index >= 15 is 0 Å². The van der Waals surface area contributed by atoms with E-state index in [-0.39, 0.29) is 6.04 Å². The molecule has 0 aromatic carbocycles. The molecule has 0 aliphatic heterocycles. The molecular weight excluding hydrogens is 176 g/mol. The Morgan fingerprint density at radius 2 is 1.86 bits per heavy atom. The minimum Gasteiger partial charge on any atom is -0.385 e. The molecular formula is C11H26N2O. The Morgan fingerprint density at radius 3 is 2.29 bits per heavy atom. The zero-order valence-electron chi connectivity index (χ0n) is 10.1. The molecule has 3 heteroatoms. The van der Waals surface area contributed by atoms with Crippen LogP contribution in [0.5, 0.6) is 0 Å². The van der Waals surface area contributed by atoms with Crippen LogP contribution in [-0.4, -0.2) is 44.3 Å². The maximum absolute atomic E-state index is 5.99. The van der Waals surface area contributed by atoms with Crippen molar-refractivity contribution >= 4 is 0 Å². The lowest BCUT2D eigenvalue weighted by atomic mass is 10.1. The molecule has 14 heavy (non-hydrogen) atoms. The fourth-order valence-corrected chi connectivity index (χ4v) is 1.79. The van der Waals surface area contributed by atoms with Gasteiger partial charge < -0.3 is 15.4 Å². The number of hydrogen-bond donors (Lipinski definition) is 1. The molecule has 1 unspecified atom stereocenters. The molecule has 0 fully saturated rings. The molecule has 3 nitrogen and oxygen atoms in total. The minimum atomic E-state index is 0.237. The van der Waals surface area contributed by atoms with Crippen molar-refractivity contribution in [2.24, 2.45) is 5.73 Å². The molecule has 0 saturated heterocycles. The summed E-state index contributed by atoms with van der Waals surface area (Å²) in [6, 6.07) is 0.907. The van der Waals surface area contributed by atoms with Gasteiger partial charge in [0.1, 0.15) is 0 Å². The lowest BCUT2D eigenvalue weighted by Gasteiger charge is -2.28. The molecule has 1 atom stereocenters. The van der Waals surface area contributed by atoms with Gasteiger partial charge in [-0.3, -0.25) is 0 Å². The van der Waals surface area contributed by atoms with Gasteiger partial charge >= 0.3 is 0 Å². The van der Waals surface area contributed by atoms with Crippen LogP contribution in [0, 0.1) is 0 Å². The third-order valence-electron chi connectivity index (χ3n) is 2.78. The average molecular weight is 202 g/mol. The Hall–Kier alpha value is -0.120. The lowest BCUT2D eigenvalue weighted by Crippen LogP contribution is -2.41. The monoisotopic (exact) mass is 202 g/mol. The quantitative estimate of drug-likeness (QED) is 0.648. The first-order chi connectivity index (χ1) is 6.65. The fourth-order valence-electron chi connectivity index (χ4n) is 1.79. The van der Waals surface area contributed by atoms with E-state index < -0.39 is 0 Å². The van der Waals surface area contributed by atoms with Crippen LogP contribution in [0.4, 0.5) is 0 Å². The second kappa shape index (κ2) is 8.21. The van der Waals surface area contributed by atoms with E-state index in [9.17, 15) is 0 Å². The Kier molecular flexibility index (Phi) is 8.14. The average Bonchev–Trinajstić information content (AvgIpc) is 2.16. The van der Waals surface area contributed by atoms with Gasteiger partial charge in [-0.1, -0.05) is 13.8 Å². The molecule has 0 saturated carbocycles. The third-order valence-corrected chi connectivity index (χ3v) is 2.78. The second-order valence-electron chi connectivity index (χ2n) is 3.95. The number of hydrogen-bond acceptors (Lipinski definition) is 3. The zero-order valence-corrected chi connectivity index (χ0v) is 10.1. The summed E-state index contributed by atoms with van der Waals surface area (Å²) >= 11 is 0. The first kappa shape index (κ1) is 13.9. The summed E-state index contributed by atoms with van der Waals surface area (Å²) in [5, 5.41) is 0. The van der Waals surface area contributed by atoms with Crippen molar-refractivity contribution in [3.63, 3.8) is 0 Å². The SMILES string of the molecule is CCC(CC)N(C)CC(N)CCOC. The first-order valence-electron chi connectivity index (χ1n) is 5.60. The fraction of sp³-hybridized carbons (Fsp3) is 1.00. The van der Waals surface area contributed by atoms with Crippen molar-refractivity contribution in [1.82, 2.24) is 4.90 Å². The highest BCUT2D eigenvalue weighted by Crippen LogP contribution is 2.06. The Bertz CT molecular complexity index is 126. The van der Waals surface area contributed by atoms with E-state index in [0.29, 0.717) is 6.04 Å². The highest BCUT2D eigenvalue weighted by Gasteiger charge is 2.13. The molecule has 0 amide bonds. The van der Waals surface area contributed by atoms with Crippen LogP contribution in [0.3, 0.4) is 0 Å². The van der Waals surface area contributed by atoms with Gasteiger partial charge in [-0.05, 0) is 26.3 Å². The number of methoxy groups -OCH3 is 1. The molecule has 0 rings (SSSR count). The highest BCUT2D eigenvalue weighted by atomic mass is 16.5. The van der Waals surface area contributed by atoms with Crippen molar-refractivity contribution in [3.05, 3.63) is 0 Å². The van der Waals surface area contributed by atoms with Crippen molar-refractivity contribution in [3.8, 4) is 0 Å². The predicted octanol–water partition coefficient (Wildman–Crippen LogP) is 1.47. The molecule has 0 bridgehead atoms. The molecule has 0 aromatic heterocycles. The molecule has 0 aliphatic rings. The van der Waals surface area contributed by atoms with E-state index in [0.717, 1.165) is 19.6 Å². The molecule has 0 heterocycles. The normalized spacial score (nSPS) is 13.9. The maximum atomic E-state index is 5.99. The predicted molar refractivity (Wildman–Crippen MR) is 61.5 cm³/mol. The largest absolute Gasteiger partial charge is 0.385 e. The van der Waals surface area contributed by atoms with Crippen LogP contribution in [-0.2, 0) is 4.74 Å². The molecule has 2 N–H and O–H groups in total. The molecule has 86 valence electrons. The van der Waals surface area contributed by atoms with Gasteiger partial charge in [0.25, 0.3) is 0 Å². The van der Waals surface area contributed by atoms with Gasteiger partial charge in [0.05, 0.1) is 0 Å². The van der Waals surface area contributed by atoms with Crippen LogP contribution in [0.15, 0.2) is 0 Å². The van der Waals surface area contributed by atoms with Gasteiger partial charge in [-0.2, -0.15) is 0 Å². The van der Waals surface area contributed by atoms with Gasteiger partial charge in [0, 0.05) is 32.3 Å². The number of nitrogens with zero attached hydrogens (tertiary/aromatic N) is 1. The summed E-state index contributed by atoms with van der Waals surface area (Å²) in [4.78, 5) is 2.36. The number of rotatable bonds is 8. The summed E-state index contributed by atoms with van der Waals surface area (Å²) in [7, 11) is 3.88. The van der Waals surface area contributed by atoms with Crippen LogP contribution in [0.25, 0.3) is 0 Å². The Labute approximate surface area is 88.6 Å². The smallest absolute Gasteiger partial charge is 0.0477 e. The first-order valence-corrected chi connectivity index (χ1v) is 5.60. The molecule has 0 aromatic rings. The molecule has 0 spiro atoms. The van der Waals surface area contributed by atoms with E-state index in [4.69, 9.17) is 10.5 Å². The standard InChI is InChI=1S/C11H26N2O/c1-5-11(6-2)13(3)9-10(12)7-8-14-4/h10-11H,5-9,12H2,1-4H3. The van der Waals surface area contributed by atoms with Crippen molar-refractivity contribution in [2.75, 3.05) is 27.3 Å². The van der Waals surface area contributed by atoms with Gasteiger partial charge in [-0.15, -0.1) is 0 Å². The van der Waals surface area contributed by atoms with Crippen LogP contribution >= 0.6 is 0 Å². The summed E-state index contributed by atoms with van der Waals surface area (Å²) in [5.74, 6) is 0. The van der Waals surface area contributed by atoms with Crippen molar-refractivity contribution in [2.45, 2.75) is 45.2 Å². The van der Waals surface area contributed by atoms with Crippen molar-refractivity contribution in [1.29, 1.82) is 0 Å². The summed E-state index contributed by atoms with van der Waals surface area (Å²) in [6.07, 6.45) is 3.34. The summed E-state index contributed by atoms with van der Waals surface area (Å²) < 4.78 is 5.01. The van der Waals surface area contributed by atoms with E-state index in [1.807, 2.05) is 0 Å². The van der Waals surface area contributed by atoms with Crippen LogP contribution < -0.4 is 5.73 Å². The van der Waals surface area contributed by atoms with Gasteiger partial charge in [0.15, 0.2) is 0 Å². The zero-order chi connectivity index (χ0) is 11.0. The summed E-state index contributed by atoms with van der Waals surface area (Å²) in [5.41, 5.74) is 5.99. The van der Waals surface area contributed by atoms with E-state index in [1.54, 1.807) is 7.11 Å². The lowest BCUT2D eigenvalue weighted by molar-refractivity contribution is 0.167. The third kappa shape index (κ3) is 5.58. The van der Waals surface area contributed by atoms with E-state index in [1.165, 1.54) is 12.8 Å². The minimum absolute atomic E-state index is 0.237. The number of nitrogens with two attached hydrogens (primary N) is 1. The van der Waals surface area contributed by atoms with Crippen LogP contribution in [0.1, 0.15) is 33.1 Å². The highest BCUT2D eigenvalue weighted by molar-refractivity contribution is 4.71. The maximum Gasteiger partial charge on any atom is 0.0477 e. The number of likely N-dealkylation sites (N-methyl/N-ethyl adjacent to an activating group) is 1. The van der Waals surface area contributed by atoms with Gasteiger partial charge in [-0.25, -0.2) is 0 Å². The molecule has 0 aliphatic carbocycles. The topological polar surface area (TPSA) is 38.5 Å². The van der Waals surface area contributed by atoms with Crippen molar-refractivity contribution < 1.29 is 4.74 Å².